The summed E-state index contributed by atoms with van der Waals surface area (Å²) in [6.45, 7) is 11.1. The summed E-state index contributed by atoms with van der Waals surface area (Å²) in [5.41, 5.74) is 5.99. The zero-order chi connectivity index (χ0) is 28.1. The van der Waals surface area contributed by atoms with Gasteiger partial charge in [0.05, 0.1) is 17.1 Å². The van der Waals surface area contributed by atoms with Crippen molar-refractivity contribution in [1.29, 1.82) is 0 Å². The van der Waals surface area contributed by atoms with Crippen LogP contribution in [0.5, 0.6) is 0 Å². The minimum absolute atomic E-state index is 0.00507. The lowest BCUT2D eigenvalue weighted by atomic mass is 10.0. The van der Waals surface area contributed by atoms with Crippen LogP contribution in [-0.4, -0.2) is 42.9 Å². The minimum Gasteiger partial charge on any atom is -0.352 e. The number of para-hydroxylation sites is 1. The van der Waals surface area contributed by atoms with Gasteiger partial charge in [0, 0.05) is 23.5 Å². The molecule has 208 valence electrons. The minimum atomic E-state index is -0.0528. The molecule has 1 fully saturated rings. The van der Waals surface area contributed by atoms with Crippen LogP contribution in [0.25, 0.3) is 6.08 Å². The molecule has 3 aromatic rings. The van der Waals surface area contributed by atoms with Crippen molar-refractivity contribution >= 4 is 35.3 Å². The summed E-state index contributed by atoms with van der Waals surface area (Å²) in [5, 5.41) is 3.06. The van der Waals surface area contributed by atoms with Crippen LogP contribution >= 0.6 is 11.8 Å². The number of carbonyl (C=O) groups excluding carboxylic acids is 2. The Hall–Kier alpha value is -3.35. The first-order valence-electron chi connectivity index (χ1n) is 14.3. The fourth-order valence-electron chi connectivity index (χ4n) is 5.54. The third kappa shape index (κ3) is 6.86. The largest absolute Gasteiger partial charge is 0.352 e. The second kappa shape index (κ2) is 12.9. The summed E-state index contributed by atoms with van der Waals surface area (Å²) in [5.74, 6) is 0.715. The first-order valence-corrected chi connectivity index (χ1v) is 15.2. The van der Waals surface area contributed by atoms with Crippen LogP contribution in [0, 0.1) is 19.8 Å². The van der Waals surface area contributed by atoms with Gasteiger partial charge in [0.15, 0.2) is 0 Å². The quantitative estimate of drug-likeness (QED) is 0.245. The molecule has 0 spiro atoms. The first-order chi connectivity index (χ1) is 19.4. The molecule has 0 aliphatic carbocycles. The van der Waals surface area contributed by atoms with Crippen LogP contribution in [0.1, 0.15) is 58.8 Å². The van der Waals surface area contributed by atoms with Crippen LogP contribution < -0.4 is 10.2 Å². The Balaban J connectivity index is 1.24. The summed E-state index contributed by atoms with van der Waals surface area (Å²) in [4.78, 5) is 32.5. The molecule has 5 nitrogen and oxygen atoms in total. The van der Waals surface area contributed by atoms with E-state index in [1.165, 1.54) is 48.8 Å². The van der Waals surface area contributed by atoms with Crippen molar-refractivity contribution in [3.63, 3.8) is 0 Å². The predicted octanol–water partition coefficient (Wildman–Crippen LogP) is 6.84. The third-order valence-corrected chi connectivity index (χ3v) is 8.89. The number of hydrogen-bond donors (Lipinski definition) is 1. The number of nitrogens with zero attached hydrogens (tertiary/aromatic N) is 2. The molecule has 1 atom stereocenters. The summed E-state index contributed by atoms with van der Waals surface area (Å²) in [7, 11) is 0. The number of anilines is 1. The highest BCUT2D eigenvalue weighted by atomic mass is 32.2. The Labute approximate surface area is 242 Å². The fraction of sp³-hybridized carbons (Fsp3) is 0.353. The van der Waals surface area contributed by atoms with Gasteiger partial charge in [-0.15, -0.1) is 0 Å². The van der Waals surface area contributed by atoms with Gasteiger partial charge in [-0.1, -0.05) is 66.7 Å². The lowest BCUT2D eigenvalue weighted by molar-refractivity contribution is -0.114. The maximum atomic E-state index is 13.7. The SMILES string of the molecule is Cc1ccc(C)c(CN2C(=O)C(=Cc3ccc(C(=O)NCCCN4CCCC(C)C4)cc3)Sc3ccccc32)c1. The monoisotopic (exact) mass is 553 g/mol. The lowest BCUT2D eigenvalue weighted by Gasteiger charge is -2.31. The molecule has 2 aliphatic rings. The van der Waals surface area contributed by atoms with E-state index in [1.54, 1.807) is 0 Å². The number of amides is 2. The predicted molar refractivity (Wildman–Crippen MR) is 166 cm³/mol. The number of hydrogen-bond acceptors (Lipinski definition) is 4. The molecule has 40 heavy (non-hydrogen) atoms. The summed E-state index contributed by atoms with van der Waals surface area (Å²) in [6.07, 6.45) is 5.49. The fourth-order valence-corrected chi connectivity index (χ4v) is 6.60. The third-order valence-electron chi connectivity index (χ3n) is 7.81. The summed E-state index contributed by atoms with van der Waals surface area (Å²) >= 11 is 1.50. The molecule has 1 unspecified atom stereocenters. The van der Waals surface area contributed by atoms with Crippen molar-refractivity contribution < 1.29 is 9.59 Å². The molecule has 0 aromatic heterocycles. The van der Waals surface area contributed by atoms with Gasteiger partial charge in [-0.2, -0.15) is 0 Å². The highest BCUT2D eigenvalue weighted by molar-refractivity contribution is 8.04. The number of aryl methyl sites for hydroxylation is 2. The molecule has 0 saturated carbocycles. The average Bonchev–Trinajstić information content (AvgIpc) is 2.95. The topological polar surface area (TPSA) is 52.7 Å². The maximum absolute atomic E-state index is 13.7. The van der Waals surface area contributed by atoms with Crippen molar-refractivity contribution in [3.05, 3.63) is 99.5 Å². The Kier molecular flexibility index (Phi) is 9.08. The van der Waals surface area contributed by atoms with Crippen molar-refractivity contribution in [2.75, 3.05) is 31.1 Å². The van der Waals surface area contributed by atoms with Crippen LogP contribution in [0.2, 0.25) is 0 Å². The van der Waals surface area contributed by atoms with Gasteiger partial charge < -0.3 is 15.1 Å². The second-order valence-electron chi connectivity index (χ2n) is 11.2. The standard InChI is InChI=1S/C34H39N3O2S/c1-24-11-12-26(3)29(20-24)23-37-30-9-4-5-10-31(30)40-32(34(37)39)21-27-13-15-28(16-14-27)33(38)35-17-7-19-36-18-6-8-25(2)22-36/h4-5,9-16,20-21,25H,6-8,17-19,22-23H2,1-3H3,(H,35,38). The number of nitrogens with one attached hydrogen (secondary N) is 1. The van der Waals surface area contributed by atoms with Gasteiger partial charge >= 0.3 is 0 Å². The van der Waals surface area contributed by atoms with Crippen molar-refractivity contribution in [3.8, 4) is 0 Å². The van der Waals surface area contributed by atoms with E-state index in [9.17, 15) is 9.59 Å². The van der Waals surface area contributed by atoms with Gasteiger partial charge in [0.25, 0.3) is 11.8 Å². The lowest BCUT2D eigenvalue weighted by Crippen LogP contribution is -2.36. The van der Waals surface area contributed by atoms with Crippen molar-refractivity contribution in [2.24, 2.45) is 5.92 Å². The molecule has 2 heterocycles. The Morgan fingerprint density at radius 3 is 2.67 bits per heavy atom. The van der Waals surface area contributed by atoms with E-state index in [0.717, 1.165) is 40.6 Å². The van der Waals surface area contributed by atoms with Gasteiger partial charge in [-0.25, -0.2) is 0 Å². The van der Waals surface area contributed by atoms with Gasteiger partial charge in [0.1, 0.15) is 0 Å². The van der Waals surface area contributed by atoms with E-state index in [0.29, 0.717) is 23.6 Å². The van der Waals surface area contributed by atoms with Crippen LogP contribution in [0.3, 0.4) is 0 Å². The number of thioether (sulfide) groups is 1. The molecule has 5 rings (SSSR count). The Morgan fingerprint density at radius 1 is 1.07 bits per heavy atom. The maximum Gasteiger partial charge on any atom is 0.265 e. The molecule has 6 heteroatoms. The molecule has 1 N–H and O–H groups in total. The highest BCUT2D eigenvalue weighted by Crippen LogP contribution is 2.42. The number of piperidine rings is 1. The zero-order valence-corrected chi connectivity index (χ0v) is 24.6. The molecule has 3 aromatic carbocycles. The highest BCUT2D eigenvalue weighted by Gasteiger charge is 2.29. The van der Waals surface area contributed by atoms with Gasteiger partial charge in [-0.3, -0.25) is 9.59 Å². The molecule has 2 aliphatic heterocycles. The van der Waals surface area contributed by atoms with Gasteiger partial charge in [0.2, 0.25) is 0 Å². The van der Waals surface area contributed by atoms with E-state index in [-0.39, 0.29) is 11.8 Å². The first kappa shape index (κ1) is 28.2. The normalized spacial score (nSPS) is 18.6. The van der Waals surface area contributed by atoms with Crippen molar-refractivity contribution in [2.45, 2.75) is 51.5 Å². The number of fused-ring (bicyclic) bond motifs is 1. The molecule has 1 saturated heterocycles. The van der Waals surface area contributed by atoms with Crippen LogP contribution in [0.4, 0.5) is 5.69 Å². The zero-order valence-electron chi connectivity index (χ0n) is 23.8. The van der Waals surface area contributed by atoms with E-state index >= 15 is 0 Å². The number of benzene rings is 3. The van der Waals surface area contributed by atoms with Crippen LogP contribution in [0.15, 0.2) is 76.5 Å². The molecule has 2 amide bonds. The van der Waals surface area contributed by atoms with E-state index < -0.39 is 0 Å². The molecule has 0 bridgehead atoms. The molecular weight excluding hydrogens is 514 g/mol. The Bertz CT molecular complexity index is 1400. The van der Waals surface area contributed by atoms with Crippen molar-refractivity contribution in [1.82, 2.24) is 10.2 Å². The molecule has 0 radical (unpaired) electrons. The van der Waals surface area contributed by atoms with E-state index in [2.05, 4.69) is 55.3 Å². The van der Waals surface area contributed by atoms with E-state index in [4.69, 9.17) is 0 Å². The number of rotatable bonds is 8. The Morgan fingerprint density at radius 2 is 1.88 bits per heavy atom. The summed E-state index contributed by atoms with van der Waals surface area (Å²) < 4.78 is 0. The smallest absolute Gasteiger partial charge is 0.265 e. The summed E-state index contributed by atoms with van der Waals surface area (Å²) in [6, 6.07) is 22.0. The number of likely N-dealkylation sites (tertiary alicyclic amines) is 1. The second-order valence-corrected chi connectivity index (χ2v) is 12.3. The van der Waals surface area contributed by atoms with Gasteiger partial charge in [-0.05, 0) is 99.1 Å². The van der Waals surface area contributed by atoms with E-state index in [1.807, 2.05) is 53.4 Å². The number of carbonyl (C=O) groups is 2. The average molecular weight is 554 g/mol. The molecular formula is C34H39N3O2S. The van der Waals surface area contributed by atoms with Crippen LogP contribution in [-0.2, 0) is 11.3 Å².